The minimum atomic E-state index is -3.66. The summed E-state index contributed by atoms with van der Waals surface area (Å²) in [5.74, 6) is -0.565. The smallest absolute Gasteiger partial charge is 0.246 e. The number of hydrogen-bond donors (Lipinski definition) is 3. The third-order valence-corrected chi connectivity index (χ3v) is 6.17. The standard InChI is InChI=1S/C24H24N2O4S/c1-24(25,17-27)23(28)26-21-11-13-22(14-12-21)31(29,30)16-15-18-7-9-20(10-8-18)19-5-3-2-4-6-19/h2-16,27H,17,25H2,1H3,(H,26,28). The quantitative estimate of drug-likeness (QED) is 0.526. The molecule has 3 aromatic carbocycles. The van der Waals surface area contributed by atoms with Crippen LogP contribution in [0.3, 0.4) is 0 Å². The number of rotatable bonds is 7. The molecule has 0 aromatic heterocycles. The highest BCUT2D eigenvalue weighted by Crippen LogP contribution is 2.21. The van der Waals surface area contributed by atoms with Gasteiger partial charge in [0, 0.05) is 11.1 Å². The van der Waals surface area contributed by atoms with Gasteiger partial charge in [0.15, 0.2) is 9.84 Å². The highest BCUT2D eigenvalue weighted by atomic mass is 32.2. The number of nitrogens with two attached hydrogens (primary N) is 1. The van der Waals surface area contributed by atoms with Gasteiger partial charge in [-0.15, -0.1) is 0 Å². The Labute approximate surface area is 182 Å². The van der Waals surface area contributed by atoms with Crippen LogP contribution in [0.5, 0.6) is 0 Å². The summed E-state index contributed by atoms with van der Waals surface area (Å²) in [4.78, 5) is 12.1. The average Bonchev–Trinajstić information content (AvgIpc) is 2.79. The van der Waals surface area contributed by atoms with E-state index in [0.717, 1.165) is 22.1 Å². The Morgan fingerprint density at radius 3 is 2.13 bits per heavy atom. The molecule has 0 aliphatic rings. The second-order valence-electron chi connectivity index (χ2n) is 7.39. The maximum Gasteiger partial charge on any atom is 0.246 e. The second-order valence-corrected chi connectivity index (χ2v) is 9.22. The molecule has 7 heteroatoms. The number of aliphatic hydroxyl groups is 1. The van der Waals surface area contributed by atoms with Crippen LogP contribution >= 0.6 is 0 Å². The summed E-state index contributed by atoms with van der Waals surface area (Å²) < 4.78 is 25.2. The summed E-state index contributed by atoms with van der Waals surface area (Å²) in [5.41, 5.74) is 7.53. The van der Waals surface area contributed by atoms with E-state index in [-0.39, 0.29) is 4.90 Å². The molecule has 0 aliphatic carbocycles. The number of carbonyl (C=O) groups excluding carboxylic acids is 1. The van der Waals surface area contributed by atoms with Crippen LogP contribution in [-0.2, 0) is 14.6 Å². The zero-order valence-corrected chi connectivity index (χ0v) is 17.8. The molecule has 160 valence electrons. The maximum absolute atomic E-state index is 12.6. The van der Waals surface area contributed by atoms with Crippen LogP contribution in [0.2, 0.25) is 0 Å². The molecular formula is C24H24N2O4S. The van der Waals surface area contributed by atoms with E-state index in [0.29, 0.717) is 5.69 Å². The first-order chi connectivity index (χ1) is 14.7. The van der Waals surface area contributed by atoms with Crippen LogP contribution in [0.25, 0.3) is 17.2 Å². The molecule has 0 saturated carbocycles. The van der Waals surface area contributed by atoms with Crippen LogP contribution in [-0.4, -0.2) is 31.6 Å². The Bertz CT molecular complexity index is 1170. The van der Waals surface area contributed by atoms with Crippen molar-refractivity contribution in [3.8, 4) is 11.1 Å². The normalized spacial score (nSPS) is 13.6. The number of carbonyl (C=O) groups is 1. The summed E-state index contributed by atoms with van der Waals surface area (Å²) in [7, 11) is -3.66. The number of hydrogen-bond acceptors (Lipinski definition) is 5. The number of sulfone groups is 1. The Morgan fingerprint density at radius 1 is 0.968 bits per heavy atom. The van der Waals surface area contributed by atoms with Crippen molar-refractivity contribution in [2.24, 2.45) is 5.73 Å². The van der Waals surface area contributed by atoms with E-state index in [1.165, 1.54) is 31.2 Å². The maximum atomic E-state index is 12.6. The van der Waals surface area contributed by atoms with Gasteiger partial charge in [-0.1, -0.05) is 54.6 Å². The number of nitrogens with one attached hydrogen (secondary N) is 1. The fourth-order valence-corrected chi connectivity index (χ4v) is 3.75. The Kier molecular flexibility index (Phi) is 6.70. The highest BCUT2D eigenvalue weighted by Gasteiger charge is 2.27. The average molecular weight is 437 g/mol. The van der Waals surface area contributed by atoms with E-state index in [9.17, 15) is 13.2 Å². The third kappa shape index (κ3) is 5.67. The molecule has 1 amide bonds. The number of benzene rings is 3. The van der Waals surface area contributed by atoms with Gasteiger partial charge in [-0.05, 0) is 54.0 Å². The molecule has 1 atom stereocenters. The lowest BCUT2D eigenvalue weighted by Crippen LogP contribution is -2.51. The zero-order valence-electron chi connectivity index (χ0n) is 17.0. The Balaban J connectivity index is 1.70. The van der Waals surface area contributed by atoms with Gasteiger partial charge in [-0.3, -0.25) is 4.79 Å². The lowest BCUT2D eigenvalue weighted by Gasteiger charge is -2.20. The molecule has 31 heavy (non-hydrogen) atoms. The van der Waals surface area contributed by atoms with Crippen molar-refractivity contribution in [3.63, 3.8) is 0 Å². The minimum absolute atomic E-state index is 0.0975. The van der Waals surface area contributed by atoms with Gasteiger partial charge in [0.1, 0.15) is 5.54 Å². The second kappa shape index (κ2) is 9.26. The summed E-state index contributed by atoms with van der Waals surface area (Å²) in [6.45, 7) is 0.890. The van der Waals surface area contributed by atoms with E-state index in [4.69, 9.17) is 10.8 Å². The zero-order chi connectivity index (χ0) is 22.5. The minimum Gasteiger partial charge on any atom is -0.394 e. The van der Waals surface area contributed by atoms with Gasteiger partial charge in [-0.25, -0.2) is 8.42 Å². The highest BCUT2D eigenvalue weighted by molar-refractivity contribution is 7.94. The summed E-state index contributed by atoms with van der Waals surface area (Å²) in [6.07, 6.45) is 1.54. The Hall–Kier alpha value is -3.26. The molecule has 0 fully saturated rings. The molecule has 0 spiro atoms. The van der Waals surface area contributed by atoms with Crippen LogP contribution in [0.15, 0.2) is 89.2 Å². The molecular weight excluding hydrogens is 412 g/mol. The van der Waals surface area contributed by atoms with Gasteiger partial charge < -0.3 is 16.2 Å². The molecule has 0 radical (unpaired) electrons. The van der Waals surface area contributed by atoms with E-state index in [1.807, 2.05) is 54.6 Å². The molecule has 0 heterocycles. The third-order valence-electron chi connectivity index (χ3n) is 4.75. The van der Waals surface area contributed by atoms with Gasteiger partial charge >= 0.3 is 0 Å². The first-order valence-electron chi connectivity index (χ1n) is 9.61. The number of amides is 1. The first-order valence-corrected chi connectivity index (χ1v) is 11.2. The largest absolute Gasteiger partial charge is 0.394 e. The molecule has 0 aliphatic heterocycles. The Morgan fingerprint density at radius 2 is 1.55 bits per heavy atom. The SMILES string of the molecule is CC(N)(CO)C(=O)Nc1ccc(S(=O)(=O)C=Cc2ccc(-c3ccccc3)cc2)cc1. The molecule has 4 N–H and O–H groups in total. The lowest BCUT2D eigenvalue weighted by atomic mass is 10.0. The van der Waals surface area contributed by atoms with Gasteiger partial charge in [0.2, 0.25) is 5.91 Å². The molecule has 3 aromatic rings. The van der Waals surface area contributed by atoms with Crippen molar-refractivity contribution in [3.05, 3.63) is 89.8 Å². The fourth-order valence-electron chi connectivity index (χ4n) is 2.74. The molecule has 6 nitrogen and oxygen atoms in total. The topological polar surface area (TPSA) is 109 Å². The lowest BCUT2D eigenvalue weighted by molar-refractivity contribution is -0.121. The van der Waals surface area contributed by atoms with E-state index in [1.54, 1.807) is 6.08 Å². The van der Waals surface area contributed by atoms with E-state index < -0.39 is 27.9 Å². The number of aliphatic hydroxyl groups excluding tert-OH is 1. The summed E-state index contributed by atoms with van der Waals surface area (Å²) >= 11 is 0. The van der Waals surface area contributed by atoms with Crippen molar-refractivity contribution < 1.29 is 18.3 Å². The molecule has 3 rings (SSSR count). The van der Waals surface area contributed by atoms with Gasteiger partial charge in [0.25, 0.3) is 0 Å². The van der Waals surface area contributed by atoms with Gasteiger partial charge in [-0.2, -0.15) is 0 Å². The van der Waals surface area contributed by atoms with Crippen LogP contribution < -0.4 is 11.1 Å². The van der Waals surface area contributed by atoms with Crippen molar-refractivity contribution in [1.82, 2.24) is 0 Å². The monoisotopic (exact) mass is 436 g/mol. The van der Waals surface area contributed by atoms with Crippen LogP contribution in [0.1, 0.15) is 12.5 Å². The van der Waals surface area contributed by atoms with E-state index >= 15 is 0 Å². The molecule has 1 unspecified atom stereocenters. The number of anilines is 1. The first kappa shape index (κ1) is 22.4. The van der Waals surface area contributed by atoms with Gasteiger partial charge in [0.05, 0.1) is 11.5 Å². The summed E-state index contributed by atoms with van der Waals surface area (Å²) in [6, 6.07) is 23.3. The van der Waals surface area contributed by atoms with Crippen molar-refractivity contribution in [1.29, 1.82) is 0 Å². The van der Waals surface area contributed by atoms with Crippen LogP contribution in [0.4, 0.5) is 5.69 Å². The van der Waals surface area contributed by atoms with Crippen molar-refractivity contribution >= 4 is 27.5 Å². The predicted molar refractivity (Wildman–Crippen MR) is 123 cm³/mol. The van der Waals surface area contributed by atoms with Crippen molar-refractivity contribution in [2.45, 2.75) is 17.4 Å². The molecule has 0 bridgehead atoms. The van der Waals surface area contributed by atoms with Crippen LogP contribution in [0, 0.1) is 0 Å². The molecule has 0 saturated heterocycles. The summed E-state index contributed by atoms with van der Waals surface area (Å²) in [5, 5.41) is 12.9. The van der Waals surface area contributed by atoms with E-state index in [2.05, 4.69) is 5.32 Å². The van der Waals surface area contributed by atoms with Crippen molar-refractivity contribution in [2.75, 3.05) is 11.9 Å². The predicted octanol–water partition coefficient (Wildman–Crippen LogP) is 3.45. The fraction of sp³-hybridized carbons (Fsp3) is 0.125.